The van der Waals surface area contributed by atoms with Crippen molar-refractivity contribution in [1.82, 2.24) is 0 Å². The predicted molar refractivity (Wildman–Crippen MR) is 41.6 cm³/mol. The van der Waals surface area contributed by atoms with Crippen LogP contribution in [0.1, 0.15) is 20.3 Å². The number of hydrogen-bond donors (Lipinski definition) is 0. The van der Waals surface area contributed by atoms with Gasteiger partial charge in [-0.3, -0.25) is 4.39 Å². The van der Waals surface area contributed by atoms with E-state index in [1.54, 1.807) is 0 Å². The number of allylic oxidation sites excluding steroid dienone is 2. The van der Waals surface area contributed by atoms with E-state index in [0.717, 1.165) is 6.42 Å². The molecule has 0 N–H and O–H groups in total. The Morgan fingerprint density at radius 3 is 2.80 bits per heavy atom. The number of alkyl halides is 1. The van der Waals surface area contributed by atoms with Gasteiger partial charge < -0.3 is 0 Å². The summed E-state index contributed by atoms with van der Waals surface area (Å²) in [4.78, 5) is 0. The lowest BCUT2D eigenvalue weighted by molar-refractivity contribution is 0.251. The lowest BCUT2D eigenvalue weighted by atomic mass is 9.86. The molecule has 1 aliphatic rings. The molecular weight excluding hydrogens is 127 g/mol. The largest absolute Gasteiger partial charge is 0.251 e. The second kappa shape index (κ2) is 3.18. The van der Waals surface area contributed by atoms with Gasteiger partial charge in [-0.2, -0.15) is 0 Å². The summed E-state index contributed by atoms with van der Waals surface area (Å²) in [5, 5.41) is 0. The van der Waals surface area contributed by atoms with Crippen molar-refractivity contribution in [3.8, 4) is 0 Å². The molecular formula is C9H15F. The molecule has 0 aliphatic heterocycles. The van der Waals surface area contributed by atoms with Crippen LogP contribution in [0.4, 0.5) is 4.39 Å². The second-order valence-electron chi connectivity index (χ2n) is 3.32. The van der Waals surface area contributed by atoms with Gasteiger partial charge in [0.2, 0.25) is 0 Å². The molecule has 0 bridgehead atoms. The van der Waals surface area contributed by atoms with Crippen molar-refractivity contribution in [2.24, 2.45) is 17.8 Å². The van der Waals surface area contributed by atoms with Crippen LogP contribution in [-0.2, 0) is 0 Å². The number of rotatable bonds is 2. The first-order valence-electron chi connectivity index (χ1n) is 3.98. The minimum absolute atomic E-state index is 0.170. The Bertz CT molecular complexity index is 129. The topological polar surface area (TPSA) is 0 Å². The van der Waals surface area contributed by atoms with Crippen molar-refractivity contribution in [3.63, 3.8) is 0 Å². The van der Waals surface area contributed by atoms with Crippen LogP contribution in [0.25, 0.3) is 0 Å². The van der Waals surface area contributed by atoms with Crippen LogP contribution in [0.2, 0.25) is 0 Å². The van der Waals surface area contributed by atoms with E-state index >= 15 is 0 Å². The maximum Gasteiger partial charge on any atom is 0.0922 e. The van der Waals surface area contributed by atoms with Gasteiger partial charge in [0.15, 0.2) is 0 Å². The minimum atomic E-state index is -0.170. The van der Waals surface area contributed by atoms with Crippen molar-refractivity contribution in [1.29, 1.82) is 0 Å². The Morgan fingerprint density at radius 1 is 1.70 bits per heavy atom. The molecule has 3 atom stereocenters. The van der Waals surface area contributed by atoms with Gasteiger partial charge in [-0.05, 0) is 24.2 Å². The highest BCUT2D eigenvalue weighted by molar-refractivity contribution is 5.00. The van der Waals surface area contributed by atoms with E-state index in [1.165, 1.54) is 0 Å². The Kier molecular flexibility index (Phi) is 2.47. The average Bonchev–Trinajstić information content (AvgIpc) is 2.34. The highest BCUT2D eigenvalue weighted by Crippen LogP contribution is 2.31. The summed E-state index contributed by atoms with van der Waals surface area (Å²) in [5.74, 6) is 1.39. The first-order chi connectivity index (χ1) is 4.75. The number of hydrogen-bond acceptors (Lipinski definition) is 0. The normalized spacial score (nSPS) is 34.7. The Balaban J connectivity index is 2.42. The Hall–Kier alpha value is -0.330. The van der Waals surface area contributed by atoms with E-state index in [2.05, 4.69) is 19.1 Å². The van der Waals surface area contributed by atoms with Crippen LogP contribution in [-0.4, -0.2) is 6.67 Å². The smallest absolute Gasteiger partial charge is 0.0922 e. The van der Waals surface area contributed by atoms with Crippen molar-refractivity contribution in [2.75, 3.05) is 6.67 Å². The standard InChI is InChI=1S/C9H15F/c1-7-4-3-5-9(7)8(2)6-10/h3-4,7-9H,5-6H2,1-2H3. The third-order valence-electron chi connectivity index (χ3n) is 2.50. The summed E-state index contributed by atoms with van der Waals surface area (Å²) in [6, 6.07) is 0. The van der Waals surface area contributed by atoms with Gasteiger partial charge in [0.05, 0.1) is 6.67 Å². The molecule has 0 spiro atoms. The molecule has 0 radical (unpaired) electrons. The van der Waals surface area contributed by atoms with E-state index in [1.807, 2.05) is 6.92 Å². The van der Waals surface area contributed by atoms with Crippen molar-refractivity contribution >= 4 is 0 Å². The third-order valence-corrected chi connectivity index (χ3v) is 2.50. The third kappa shape index (κ3) is 1.39. The van der Waals surface area contributed by atoms with E-state index in [4.69, 9.17) is 0 Å². The summed E-state index contributed by atoms with van der Waals surface area (Å²) in [6.45, 7) is 3.99. The molecule has 58 valence electrons. The maximum absolute atomic E-state index is 12.2. The average molecular weight is 142 g/mol. The first-order valence-corrected chi connectivity index (χ1v) is 3.98. The molecule has 0 saturated heterocycles. The van der Waals surface area contributed by atoms with Crippen LogP contribution in [0.5, 0.6) is 0 Å². The van der Waals surface area contributed by atoms with Gasteiger partial charge in [-0.1, -0.05) is 26.0 Å². The molecule has 0 aromatic heterocycles. The molecule has 0 amide bonds. The van der Waals surface area contributed by atoms with Crippen molar-refractivity contribution in [2.45, 2.75) is 20.3 Å². The second-order valence-corrected chi connectivity index (χ2v) is 3.32. The predicted octanol–water partition coefficient (Wildman–Crippen LogP) is 2.80. The lowest BCUT2D eigenvalue weighted by Gasteiger charge is -2.19. The molecule has 1 aliphatic carbocycles. The van der Waals surface area contributed by atoms with Gasteiger partial charge >= 0.3 is 0 Å². The molecule has 10 heavy (non-hydrogen) atoms. The van der Waals surface area contributed by atoms with Crippen LogP contribution in [0.3, 0.4) is 0 Å². The van der Waals surface area contributed by atoms with Gasteiger partial charge in [0.25, 0.3) is 0 Å². The zero-order valence-electron chi connectivity index (χ0n) is 6.68. The molecule has 1 rings (SSSR count). The van der Waals surface area contributed by atoms with Crippen LogP contribution < -0.4 is 0 Å². The zero-order valence-corrected chi connectivity index (χ0v) is 6.68. The van der Waals surface area contributed by atoms with E-state index in [0.29, 0.717) is 11.8 Å². The van der Waals surface area contributed by atoms with Crippen molar-refractivity contribution < 1.29 is 4.39 Å². The maximum atomic E-state index is 12.2. The molecule has 0 aromatic rings. The highest BCUT2D eigenvalue weighted by Gasteiger charge is 2.23. The quantitative estimate of drug-likeness (QED) is 0.520. The fourth-order valence-electron chi connectivity index (χ4n) is 1.67. The molecule has 0 heterocycles. The molecule has 3 unspecified atom stereocenters. The SMILES string of the molecule is CC1C=CCC1C(C)CF. The molecule has 0 fully saturated rings. The van der Waals surface area contributed by atoms with Crippen LogP contribution in [0.15, 0.2) is 12.2 Å². The fourth-order valence-corrected chi connectivity index (χ4v) is 1.67. The zero-order chi connectivity index (χ0) is 7.56. The number of halogens is 1. The summed E-state index contributed by atoms with van der Waals surface area (Å²) in [5.41, 5.74) is 0. The van der Waals surface area contributed by atoms with Gasteiger partial charge in [0, 0.05) is 0 Å². The molecule has 0 aromatic carbocycles. The minimum Gasteiger partial charge on any atom is -0.251 e. The monoisotopic (exact) mass is 142 g/mol. The van der Waals surface area contributed by atoms with Crippen LogP contribution in [0, 0.1) is 17.8 Å². The molecule has 0 nitrogen and oxygen atoms in total. The van der Waals surface area contributed by atoms with Crippen LogP contribution >= 0.6 is 0 Å². The van der Waals surface area contributed by atoms with Gasteiger partial charge in [-0.15, -0.1) is 0 Å². The van der Waals surface area contributed by atoms with E-state index in [9.17, 15) is 4.39 Å². The summed E-state index contributed by atoms with van der Waals surface area (Å²) >= 11 is 0. The molecule has 1 heteroatoms. The van der Waals surface area contributed by atoms with Gasteiger partial charge in [-0.25, -0.2) is 0 Å². The fraction of sp³-hybridized carbons (Fsp3) is 0.778. The summed E-state index contributed by atoms with van der Waals surface area (Å²) in [6.07, 6.45) is 5.44. The highest BCUT2D eigenvalue weighted by atomic mass is 19.1. The Morgan fingerprint density at radius 2 is 2.40 bits per heavy atom. The molecule has 0 saturated carbocycles. The van der Waals surface area contributed by atoms with E-state index in [-0.39, 0.29) is 12.6 Å². The summed E-state index contributed by atoms with van der Waals surface area (Å²) < 4.78 is 12.2. The Labute approximate surface area is 62.1 Å². The summed E-state index contributed by atoms with van der Waals surface area (Å²) in [7, 11) is 0. The first kappa shape index (κ1) is 7.77. The van der Waals surface area contributed by atoms with E-state index < -0.39 is 0 Å². The van der Waals surface area contributed by atoms with Crippen molar-refractivity contribution in [3.05, 3.63) is 12.2 Å². The lowest BCUT2D eigenvalue weighted by Crippen LogP contribution is -2.16. The van der Waals surface area contributed by atoms with Gasteiger partial charge in [0.1, 0.15) is 0 Å².